The van der Waals surface area contributed by atoms with Gasteiger partial charge in [0.25, 0.3) is 0 Å². The van der Waals surface area contributed by atoms with Gasteiger partial charge in [-0.05, 0) is 11.8 Å². The van der Waals surface area contributed by atoms with Gasteiger partial charge in [-0.15, -0.1) is 0 Å². The number of hydrogen-bond donors (Lipinski definition) is 0. The maximum atomic E-state index is 11.8. The fourth-order valence-corrected chi connectivity index (χ4v) is 2.24. The van der Waals surface area contributed by atoms with Crippen LogP contribution in [0.5, 0.6) is 0 Å². The van der Waals surface area contributed by atoms with E-state index in [1.165, 1.54) is 0 Å². The molecule has 0 aromatic carbocycles. The van der Waals surface area contributed by atoms with Gasteiger partial charge in [0.05, 0.1) is 5.92 Å². The lowest BCUT2D eigenvalue weighted by molar-refractivity contribution is -0.139. The minimum Gasteiger partial charge on any atom is -0.300 e. The molecule has 1 fully saturated rings. The van der Waals surface area contributed by atoms with Crippen molar-refractivity contribution in [3.05, 3.63) is 0 Å². The summed E-state index contributed by atoms with van der Waals surface area (Å²) >= 11 is 0. The van der Waals surface area contributed by atoms with Crippen LogP contribution in [0.4, 0.5) is 0 Å². The molecule has 0 N–H and O–H groups in total. The highest BCUT2D eigenvalue weighted by Gasteiger charge is 2.39. The molecule has 0 unspecified atom stereocenters. The molecule has 16 heavy (non-hydrogen) atoms. The minimum absolute atomic E-state index is 0.0187. The van der Waals surface area contributed by atoms with E-state index in [2.05, 4.69) is 0 Å². The molecule has 0 amide bonds. The topological polar surface area (TPSA) is 51.2 Å². The second-order valence-electron chi connectivity index (χ2n) is 5.43. The molecule has 0 aromatic heterocycles. The van der Waals surface area contributed by atoms with Crippen molar-refractivity contribution in [2.75, 3.05) is 0 Å². The Bertz CT molecular complexity index is 295. The van der Waals surface area contributed by atoms with Crippen LogP contribution in [0.2, 0.25) is 0 Å². The van der Waals surface area contributed by atoms with Crippen LogP contribution in [0.1, 0.15) is 52.9 Å². The lowest BCUT2D eigenvalue weighted by Gasteiger charge is -2.31. The molecule has 3 heteroatoms. The monoisotopic (exact) mass is 224 g/mol. The fourth-order valence-electron chi connectivity index (χ4n) is 2.24. The lowest BCUT2D eigenvalue weighted by Crippen LogP contribution is -2.37. The van der Waals surface area contributed by atoms with Gasteiger partial charge in [-0.2, -0.15) is 0 Å². The molecular weight excluding hydrogens is 204 g/mol. The quantitative estimate of drug-likeness (QED) is 0.688. The van der Waals surface area contributed by atoms with Gasteiger partial charge in [0, 0.05) is 25.7 Å². The fraction of sp³-hybridized carbons (Fsp3) is 0.769. The standard InChI is InChI=1S/C13H20O3/c1-4-9(14)5-6-10-11(15)7-13(2,3)8-12(10)16/h10H,4-8H2,1-3H3. The normalized spacial score (nSPS) is 21.2. The van der Waals surface area contributed by atoms with E-state index in [9.17, 15) is 14.4 Å². The number of carbonyl (C=O) groups is 3. The summed E-state index contributed by atoms with van der Waals surface area (Å²) in [5.41, 5.74) is -0.195. The molecule has 1 rings (SSSR count). The summed E-state index contributed by atoms with van der Waals surface area (Å²) in [6, 6.07) is 0. The van der Waals surface area contributed by atoms with Crippen LogP contribution >= 0.6 is 0 Å². The Labute approximate surface area is 96.6 Å². The third kappa shape index (κ3) is 3.26. The number of carbonyl (C=O) groups excluding carboxylic acids is 3. The predicted molar refractivity (Wildman–Crippen MR) is 61.1 cm³/mol. The summed E-state index contributed by atoms with van der Waals surface area (Å²) in [7, 11) is 0. The maximum absolute atomic E-state index is 11.8. The summed E-state index contributed by atoms with van der Waals surface area (Å²) in [6.45, 7) is 5.68. The number of rotatable bonds is 4. The third-order valence-corrected chi connectivity index (χ3v) is 3.19. The van der Waals surface area contributed by atoms with Crippen LogP contribution in [0.3, 0.4) is 0 Å². The first-order valence-electron chi connectivity index (χ1n) is 5.93. The summed E-state index contributed by atoms with van der Waals surface area (Å²) in [6.07, 6.45) is 2.19. The maximum Gasteiger partial charge on any atom is 0.143 e. The average molecular weight is 224 g/mol. The van der Waals surface area contributed by atoms with Crippen molar-refractivity contribution < 1.29 is 14.4 Å². The lowest BCUT2D eigenvalue weighted by atomic mass is 9.70. The molecule has 3 nitrogen and oxygen atoms in total. The molecule has 1 aliphatic carbocycles. The first kappa shape index (κ1) is 13.1. The van der Waals surface area contributed by atoms with Crippen molar-refractivity contribution in [1.82, 2.24) is 0 Å². The van der Waals surface area contributed by atoms with Gasteiger partial charge in [-0.1, -0.05) is 20.8 Å². The Morgan fingerprint density at radius 2 is 1.75 bits per heavy atom. The highest BCUT2D eigenvalue weighted by molar-refractivity contribution is 6.05. The predicted octanol–water partition coefficient (Wildman–Crippen LogP) is 2.32. The zero-order valence-corrected chi connectivity index (χ0v) is 10.3. The molecule has 1 saturated carbocycles. The number of Topliss-reactive ketones (excluding diaryl/α,β-unsaturated/α-hetero) is 3. The van der Waals surface area contributed by atoms with Crippen molar-refractivity contribution in [3.8, 4) is 0 Å². The molecule has 0 aromatic rings. The van der Waals surface area contributed by atoms with Crippen molar-refractivity contribution in [2.45, 2.75) is 52.9 Å². The van der Waals surface area contributed by atoms with Crippen molar-refractivity contribution >= 4 is 17.3 Å². The van der Waals surface area contributed by atoms with E-state index in [1.807, 2.05) is 13.8 Å². The Kier molecular flexibility index (Phi) is 4.00. The molecule has 90 valence electrons. The molecule has 0 saturated heterocycles. The summed E-state index contributed by atoms with van der Waals surface area (Å²) in [5, 5.41) is 0. The molecule has 0 radical (unpaired) electrons. The molecule has 1 aliphatic rings. The SMILES string of the molecule is CCC(=O)CCC1C(=O)CC(C)(C)CC1=O. The number of hydrogen-bond acceptors (Lipinski definition) is 3. The van der Waals surface area contributed by atoms with E-state index in [4.69, 9.17) is 0 Å². The molecule has 0 spiro atoms. The van der Waals surface area contributed by atoms with Gasteiger partial charge >= 0.3 is 0 Å². The largest absolute Gasteiger partial charge is 0.300 e. The highest BCUT2D eigenvalue weighted by Crippen LogP contribution is 2.35. The van der Waals surface area contributed by atoms with E-state index >= 15 is 0 Å². The third-order valence-electron chi connectivity index (χ3n) is 3.19. The van der Waals surface area contributed by atoms with Gasteiger partial charge in [0.2, 0.25) is 0 Å². The van der Waals surface area contributed by atoms with E-state index in [-0.39, 0.29) is 22.8 Å². The van der Waals surface area contributed by atoms with Gasteiger partial charge < -0.3 is 0 Å². The Balaban J connectivity index is 2.58. The van der Waals surface area contributed by atoms with E-state index in [0.29, 0.717) is 32.1 Å². The zero-order chi connectivity index (χ0) is 12.3. The van der Waals surface area contributed by atoms with E-state index < -0.39 is 5.92 Å². The van der Waals surface area contributed by atoms with Crippen LogP contribution in [0.25, 0.3) is 0 Å². The van der Waals surface area contributed by atoms with Gasteiger partial charge in [-0.25, -0.2) is 0 Å². The molecule has 0 heterocycles. The number of ketones is 3. The van der Waals surface area contributed by atoms with Crippen molar-refractivity contribution in [3.63, 3.8) is 0 Å². The summed E-state index contributed by atoms with van der Waals surface area (Å²) in [4.78, 5) is 34.8. The van der Waals surface area contributed by atoms with Crippen LogP contribution in [0.15, 0.2) is 0 Å². The second kappa shape index (κ2) is 4.89. The van der Waals surface area contributed by atoms with Gasteiger partial charge in [0.15, 0.2) is 0 Å². The highest BCUT2D eigenvalue weighted by atomic mass is 16.2. The smallest absolute Gasteiger partial charge is 0.143 e. The minimum atomic E-state index is -0.511. The van der Waals surface area contributed by atoms with Crippen LogP contribution in [0, 0.1) is 11.3 Å². The first-order chi connectivity index (χ1) is 7.35. The van der Waals surface area contributed by atoms with Crippen LogP contribution in [-0.2, 0) is 14.4 Å². The summed E-state index contributed by atoms with van der Waals surface area (Å²) < 4.78 is 0. The van der Waals surface area contributed by atoms with Crippen LogP contribution in [-0.4, -0.2) is 17.3 Å². The van der Waals surface area contributed by atoms with Crippen LogP contribution < -0.4 is 0 Å². The van der Waals surface area contributed by atoms with Crippen molar-refractivity contribution in [1.29, 1.82) is 0 Å². The Morgan fingerprint density at radius 3 is 2.19 bits per heavy atom. The second-order valence-corrected chi connectivity index (χ2v) is 5.43. The zero-order valence-electron chi connectivity index (χ0n) is 10.3. The van der Waals surface area contributed by atoms with Gasteiger partial charge in [-0.3, -0.25) is 14.4 Å². The van der Waals surface area contributed by atoms with Crippen molar-refractivity contribution in [2.24, 2.45) is 11.3 Å². The Hall–Kier alpha value is -0.990. The summed E-state index contributed by atoms with van der Waals surface area (Å²) in [5.74, 6) is -0.343. The van der Waals surface area contributed by atoms with Gasteiger partial charge in [0.1, 0.15) is 17.3 Å². The average Bonchev–Trinajstić information content (AvgIpc) is 2.14. The molecule has 0 bridgehead atoms. The molecule has 0 atom stereocenters. The molecular formula is C13H20O3. The first-order valence-corrected chi connectivity index (χ1v) is 5.93. The molecule has 0 aliphatic heterocycles. The Morgan fingerprint density at radius 1 is 1.25 bits per heavy atom. The van der Waals surface area contributed by atoms with E-state index in [1.54, 1.807) is 6.92 Å². The van der Waals surface area contributed by atoms with E-state index in [0.717, 1.165) is 0 Å².